The number of aromatic nitrogens is 2. The SMILES string of the molecule is Cc1nc2ccc(OC(=S)N3CCCCCC3)cc2nc1C. The van der Waals surface area contributed by atoms with Crippen molar-refractivity contribution in [1.29, 1.82) is 0 Å². The Morgan fingerprint density at radius 2 is 1.64 bits per heavy atom. The van der Waals surface area contributed by atoms with E-state index in [-0.39, 0.29) is 0 Å². The molecule has 0 unspecified atom stereocenters. The van der Waals surface area contributed by atoms with Crippen molar-refractivity contribution < 1.29 is 4.74 Å². The van der Waals surface area contributed by atoms with Crippen LogP contribution in [0.3, 0.4) is 0 Å². The lowest BCUT2D eigenvalue weighted by Crippen LogP contribution is -2.34. The molecule has 0 amide bonds. The molecular weight excluding hydrogens is 294 g/mol. The Morgan fingerprint density at radius 3 is 2.32 bits per heavy atom. The fraction of sp³-hybridized carbons (Fsp3) is 0.471. The molecule has 0 saturated carbocycles. The number of ether oxygens (including phenoxy) is 1. The number of benzene rings is 1. The van der Waals surface area contributed by atoms with Crippen molar-refractivity contribution in [2.24, 2.45) is 0 Å². The highest BCUT2D eigenvalue weighted by Crippen LogP contribution is 2.20. The van der Waals surface area contributed by atoms with Crippen molar-refractivity contribution in [1.82, 2.24) is 14.9 Å². The molecule has 1 fully saturated rings. The summed E-state index contributed by atoms with van der Waals surface area (Å²) in [6.45, 7) is 5.92. The van der Waals surface area contributed by atoms with Gasteiger partial charge in [0, 0.05) is 19.2 Å². The average molecular weight is 315 g/mol. The van der Waals surface area contributed by atoms with E-state index in [0.717, 1.165) is 41.3 Å². The maximum absolute atomic E-state index is 5.88. The predicted molar refractivity (Wildman–Crippen MR) is 92.3 cm³/mol. The third-order valence-electron chi connectivity index (χ3n) is 4.12. The molecule has 1 saturated heterocycles. The number of thiocarbonyl (C=S) groups is 1. The molecule has 116 valence electrons. The van der Waals surface area contributed by atoms with Crippen LogP contribution in [0.4, 0.5) is 0 Å². The number of rotatable bonds is 1. The highest BCUT2D eigenvalue weighted by atomic mass is 32.1. The molecule has 4 nitrogen and oxygen atoms in total. The summed E-state index contributed by atoms with van der Waals surface area (Å²) in [5.74, 6) is 0.735. The van der Waals surface area contributed by atoms with E-state index in [1.807, 2.05) is 32.0 Å². The van der Waals surface area contributed by atoms with E-state index in [9.17, 15) is 0 Å². The first-order valence-electron chi connectivity index (χ1n) is 7.85. The van der Waals surface area contributed by atoms with E-state index in [1.54, 1.807) is 0 Å². The second kappa shape index (κ2) is 6.57. The van der Waals surface area contributed by atoms with E-state index in [0.29, 0.717) is 5.17 Å². The van der Waals surface area contributed by atoms with Gasteiger partial charge in [0.2, 0.25) is 0 Å². The van der Waals surface area contributed by atoms with Crippen molar-refractivity contribution in [2.75, 3.05) is 13.1 Å². The van der Waals surface area contributed by atoms with Gasteiger partial charge in [-0.2, -0.15) is 0 Å². The third-order valence-corrected chi connectivity index (χ3v) is 4.46. The second-order valence-corrected chi connectivity index (χ2v) is 6.16. The number of hydrogen-bond donors (Lipinski definition) is 0. The van der Waals surface area contributed by atoms with Gasteiger partial charge in [-0.3, -0.25) is 0 Å². The number of nitrogens with zero attached hydrogens (tertiary/aromatic N) is 3. The van der Waals surface area contributed by atoms with Crippen molar-refractivity contribution in [3.63, 3.8) is 0 Å². The van der Waals surface area contributed by atoms with Crippen molar-refractivity contribution in [2.45, 2.75) is 39.5 Å². The quantitative estimate of drug-likeness (QED) is 0.749. The molecule has 1 aromatic carbocycles. The minimum absolute atomic E-state index is 0.568. The van der Waals surface area contributed by atoms with E-state index in [1.165, 1.54) is 25.7 Å². The molecular formula is C17H21N3OS. The van der Waals surface area contributed by atoms with Crippen LogP contribution in [0.1, 0.15) is 37.1 Å². The first kappa shape index (κ1) is 15.2. The molecule has 1 aliphatic heterocycles. The van der Waals surface area contributed by atoms with Crippen LogP contribution in [0.15, 0.2) is 18.2 Å². The van der Waals surface area contributed by atoms with Gasteiger partial charge in [-0.1, -0.05) is 12.8 Å². The number of likely N-dealkylation sites (tertiary alicyclic amines) is 1. The maximum Gasteiger partial charge on any atom is 0.264 e. The molecule has 0 radical (unpaired) electrons. The van der Waals surface area contributed by atoms with Gasteiger partial charge in [0.15, 0.2) is 0 Å². The van der Waals surface area contributed by atoms with Gasteiger partial charge in [-0.05, 0) is 51.0 Å². The molecule has 1 aliphatic rings. The van der Waals surface area contributed by atoms with E-state index >= 15 is 0 Å². The Kier molecular flexibility index (Phi) is 4.52. The molecule has 0 atom stereocenters. The number of fused-ring (bicyclic) bond motifs is 1. The Bertz CT molecular complexity index is 694. The highest BCUT2D eigenvalue weighted by Gasteiger charge is 2.14. The Labute approximate surface area is 136 Å². The van der Waals surface area contributed by atoms with Gasteiger partial charge in [-0.15, -0.1) is 0 Å². The Balaban J connectivity index is 1.78. The van der Waals surface area contributed by atoms with Crippen LogP contribution in [-0.2, 0) is 0 Å². The standard InChI is InChI=1S/C17H21N3OS/c1-12-13(2)19-16-11-14(7-8-15(16)18-12)21-17(22)20-9-5-3-4-6-10-20/h7-8,11H,3-6,9-10H2,1-2H3. The smallest absolute Gasteiger partial charge is 0.264 e. The summed E-state index contributed by atoms with van der Waals surface area (Å²) in [6, 6.07) is 5.77. The van der Waals surface area contributed by atoms with E-state index in [4.69, 9.17) is 17.0 Å². The molecule has 0 bridgehead atoms. The summed E-state index contributed by atoms with van der Waals surface area (Å²) in [5, 5.41) is 0.568. The summed E-state index contributed by atoms with van der Waals surface area (Å²) < 4.78 is 5.88. The normalized spacial score (nSPS) is 15.6. The van der Waals surface area contributed by atoms with Crippen LogP contribution < -0.4 is 4.74 Å². The van der Waals surface area contributed by atoms with Crippen molar-refractivity contribution in [3.05, 3.63) is 29.6 Å². The van der Waals surface area contributed by atoms with Crippen LogP contribution in [0.2, 0.25) is 0 Å². The lowest BCUT2D eigenvalue weighted by atomic mass is 10.2. The summed E-state index contributed by atoms with van der Waals surface area (Å²) >= 11 is 5.45. The minimum Gasteiger partial charge on any atom is -0.432 e. The molecule has 22 heavy (non-hydrogen) atoms. The molecule has 2 heterocycles. The van der Waals surface area contributed by atoms with Gasteiger partial charge in [0.1, 0.15) is 5.75 Å². The monoisotopic (exact) mass is 315 g/mol. The number of aryl methyl sites for hydroxylation is 2. The van der Waals surface area contributed by atoms with Crippen LogP contribution in [-0.4, -0.2) is 33.1 Å². The Hall–Kier alpha value is -1.75. The van der Waals surface area contributed by atoms with Crippen LogP contribution in [0.25, 0.3) is 11.0 Å². The van der Waals surface area contributed by atoms with E-state index < -0.39 is 0 Å². The summed E-state index contributed by atoms with van der Waals surface area (Å²) in [5.41, 5.74) is 3.64. The largest absolute Gasteiger partial charge is 0.432 e. The number of hydrogen-bond acceptors (Lipinski definition) is 4. The molecule has 3 rings (SSSR count). The van der Waals surface area contributed by atoms with Gasteiger partial charge in [0.05, 0.1) is 22.4 Å². The summed E-state index contributed by atoms with van der Waals surface area (Å²) in [6.07, 6.45) is 4.93. The van der Waals surface area contributed by atoms with Crippen molar-refractivity contribution in [3.8, 4) is 5.75 Å². The molecule has 0 N–H and O–H groups in total. The van der Waals surface area contributed by atoms with Gasteiger partial charge in [0.25, 0.3) is 5.17 Å². The highest BCUT2D eigenvalue weighted by molar-refractivity contribution is 7.80. The predicted octanol–water partition coefficient (Wildman–Crippen LogP) is 3.79. The zero-order chi connectivity index (χ0) is 15.5. The molecule has 1 aromatic heterocycles. The van der Waals surface area contributed by atoms with Crippen LogP contribution in [0, 0.1) is 13.8 Å². The first-order valence-corrected chi connectivity index (χ1v) is 8.26. The first-order chi connectivity index (χ1) is 10.6. The minimum atomic E-state index is 0.568. The van der Waals surface area contributed by atoms with E-state index in [2.05, 4.69) is 14.9 Å². The molecule has 0 aliphatic carbocycles. The lowest BCUT2D eigenvalue weighted by molar-refractivity contribution is 0.361. The zero-order valence-corrected chi connectivity index (χ0v) is 13.9. The van der Waals surface area contributed by atoms with Crippen LogP contribution in [0.5, 0.6) is 5.75 Å². The fourth-order valence-corrected chi connectivity index (χ4v) is 2.97. The van der Waals surface area contributed by atoms with Gasteiger partial charge < -0.3 is 9.64 Å². The molecule has 2 aromatic rings. The van der Waals surface area contributed by atoms with Gasteiger partial charge in [-0.25, -0.2) is 9.97 Å². The van der Waals surface area contributed by atoms with Gasteiger partial charge >= 0.3 is 0 Å². The maximum atomic E-state index is 5.88. The van der Waals surface area contributed by atoms with Crippen molar-refractivity contribution >= 4 is 28.4 Å². The fourth-order valence-electron chi connectivity index (χ4n) is 2.69. The zero-order valence-electron chi connectivity index (χ0n) is 13.1. The second-order valence-electron chi connectivity index (χ2n) is 5.81. The third kappa shape index (κ3) is 3.35. The summed E-state index contributed by atoms with van der Waals surface area (Å²) in [7, 11) is 0. The lowest BCUT2D eigenvalue weighted by Gasteiger charge is -2.22. The molecule has 0 spiro atoms. The summed E-state index contributed by atoms with van der Waals surface area (Å²) in [4.78, 5) is 11.3. The topological polar surface area (TPSA) is 38.2 Å². The van der Waals surface area contributed by atoms with Crippen LogP contribution >= 0.6 is 12.2 Å². The average Bonchev–Trinajstić information content (AvgIpc) is 2.78. The Morgan fingerprint density at radius 1 is 1.00 bits per heavy atom. The molecule has 5 heteroatoms.